The van der Waals surface area contributed by atoms with Crippen LogP contribution in [0.1, 0.15) is 72.1 Å². The molecule has 1 atom stereocenters. The summed E-state index contributed by atoms with van der Waals surface area (Å²) in [5.74, 6) is 0.967. The molecule has 0 spiro atoms. The van der Waals surface area contributed by atoms with E-state index < -0.39 is 0 Å². The predicted octanol–water partition coefficient (Wildman–Crippen LogP) is 2.83. The second-order valence-electron chi connectivity index (χ2n) is 7.96. The number of H-pyrrole nitrogens is 1. The molecule has 0 saturated carbocycles. The number of amides is 1. The number of fused-ring (bicyclic) bond motifs is 1. The first-order valence-corrected chi connectivity index (χ1v) is 10.4. The number of rotatable bonds is 3. The molecule has 29 heavy (non-hydrogen) atoms. The number of hydrogen-bond donors (Lipinski definition) is 1. The summed E-state index contributed by atoms with van der Waals surface area (Å²) in [5.41, 5.74) is 3.56. The highest BCUT2D eigenvalue weighted by molar-refractivity contribution is 5.94. The fraction of sp³-hybridized carbons (Fsp3) is 0.550. The first kappa shape index (κ1) is 18.1. The van der Waals surface area contributed by atoms with Crippen molar-refractivity contribution in [3.8, 4) is 11.5 Å². The summed E-state index contributed by atoms with van der Waals surface area (Å²) in [6, 6.07) is -0.199. The SMILES string of the molecule is Cn1cc(-c2nc([C@@H]3CCCCCN3C(=O)c3n[nH]c4c3CCCC4)no2)cn1. The number of likely N-dealkylation sites (tertiary alicyclic amines) is 1. The Morgan fingerprint density at radius 1 is 1.21 bits per heavy atom. The molecule has 2 aliphatic rings. The number of aromatic amines is 1. The van der Waals surface area contributed by atoms with Crippen LogP contribution >= 0.6 is 0 Å². The van der Waals surface area contributed by atoms with Crippen LogP contribution in [-0.4, -0.2) is 47.5 Å². The molecule has 0 bridgehead atoms. The minimum absolute atomic E-state index is 0.0240. The number of hydrogen-bond acceptors (Lipinski definition) is 6. The van der Waals surface area contributed by atoms with Crippen molar-refractivity contribution >= 4 is 5.91 Å². The molecule has 1 fully saturated rings. The zero-order valence-electron chi connectivity index (χ0n) is 16.6. The van der Waals surface area contributed by atoms with Crippen LogP contribution in [0.4, 0.5) is 0 Å². The van der Waals surface area contributed by atoms with Gasteiger partial charge in [0.2, 0.25) is 0 Å². The van der Waals surface area contributed by atoms with E-state index in [2.05, 4.69) is 25.4 Å². The number of nitrogens with one attached hydrogen (secondary N) is 1. The van der Waals surface area contributed by atoms with Crippen molar-refractivity contribution in [2.24, 2.45) is 7.05 Å². The maximum Gasteiger partial charge on any atom is 0.275 e. The van der Waals surface area contributed by atoms with E-state index >= 15 is 0 Å². The fourth-order valence-electron chi connectivity index (χ4n) is 4.43. The number of carbonyl (C=O) groups excluding carboxylic acids is 1. The number of carbonyl (C=O) groups is 1. The van der Waals surface area contributed by atoms with Gasteiger partial charge in [-0.3, -0.25) is 14.6 Å². The largest absolute Gasteiger partial charge is 0.334 e. The summed E-state index contributed by atoms with van der Waals surface area (Å²) in [6.07, 6.45) is 11.6. The van der Waals surface area contributed by atoms with Crippen LogP contribution in [0.2, 0.25) is 0 Å². The third-order valence-corrected chi connectivity index (χ3v) is 5.96. The van der Waals surface area contributed by atoms with Gasteiger partial charge in [0.05, 0.1) is 17.8 Å². The lowest BCUT2D eigenvalue weighted by molar-refractivity contribution is 0.0663. The van der Waals surface area contributed by atoms with Gasteiger partial charge in [0.15, 0.2) is 11.5 Å². The quantitative estimate of drug-likeness (QED) is 0.731. The van der Waals surface area contributed by atoms with Gasteiger partial charge in [-0.15, -0.1) is 0 Å². The van der Waals surface area contributed by atoms with Gasteiger partial charge in [-0.1, -0.05) is 18.0 Å². The van der Waals surface area contributed by atoms with E-state index in [0.29, 0.717) is 24.0 Å². The van der Waals surface area contributed by atoms with E-state index in [-0.39, 0.29) is 11.9 Å². The maximum atomic E-state index is 13.5. The Morgan fingerprint density at radius 2 is 2.10 bits per heavy atom. The molecule has 4 heterocycles. The van der Waals surface area contributed by atoms with E-state index in [1.54, 1.807) is 10.9 Å². The summed E-state index contributed by atoms with van der Waals surface area (Å²) < 4.78 is 7.19. The third-order valence-electron chi connectivity index (χ3n) is 5.96. The monoisotopic (exact) mass is 395 g/mol. The molecule has 5 rings (SSSR count). The average Bonchev–Trinajstić information content (AvgIpc) is 3.44. The fourth-order valence-corrected chi connectivity index (χ4v) is 4.43. The Labute approximate surface area is 168 Å². The van der Waals surface area contributed by atoms with Gasteiger partial charge in [0.25, 0.3) is 11.8 Å². The average molecular weight is 395 g/mol. The van der Waals surface area contributed by atoms with Crippen molar-refractivity contribution in [3.05, 3.63) is 35.2 Å². The highest BCUT2D eigenvalue weighted by atomic mass is 16.5. The summed E-state index contributed by atoms with van der Waals surface area (Å²) >= 11 is 0. The zero-order valence-corrected chi connectivity index (χ0v) is 16.6. The molecule has 0 radical (unpaired) electrons. The van der Waals surface area contributed by atoms with Gasteiger partial charge in [-0.25, -0.2) is 0 Å². The number of aromatic nitrogens is 6. The van der Waals surface area contributed by atoms with Crippen LogP contribution in [0.5, 0.6) is 0 Å². The van der Waals surface area contributed by atoms with Crippen LogP contribution in [0.3, 0.4) is 0 Å². The molecule has 9 heteroatoms. The summed E-state index contributed by atoms with van der Waals surface area (Å²) in [7, 11) is 1.84. The van der Waals surface area contributed by atoms with Crippen LogP contribution in [0, 0.1) is 0 Å². The van der Waals surface area contributed by atoms with E-state index in [4.69, 9.17) is 4.52 Å². The lowest BCUT2D eigenvalue weighted by Gasteiger charge is -2.27. The van der Waals surface area contributed by atoms with Gasteiger partial charge < -0.3 is 9.42 Å². The van der Waals surface area contributed by atoms with E-state index in [1.807, 2.05) is 18.1 Å². The molecule has 1 amide bonds. The van der Waals surface area contributed by atoms with Crippen molar-refractivity contribution < 1.29 is 9.32 Å². The number of nitrogens with zero attached hydrogens (tertiary/aromatic N) is 6. The summed E-state index contributed by atoms with van der Waals surface area (Å²) in [6.45, 7) is 0.682. The third kappa shape index (κ3) is 3.34. The molecule has 1 aliphatic carbocycles. The van der Waals surface area contributed by atoms with Crippen molar-refractivity contribution in [2.45, 2.75) is 57.4 Å². The Balaban J connectivity index is 1.45. The van der Waals surface area contributed by atoms with Crippen molar-refractivity contribution in [3.63, 3.8) is 0 Å². The van der Waals surface area contributed by atoms with Gasteiger partial charge in [0, 0.05) is 31.0 Å². The minimum atomic E-state index is -0.199. The second kappa shape index (κ2) is 7.46. The van der Waals surface area contributed by atoms with Crippen LogP contribution < -0.4 is 0 Å². The van der Waals surface area contributed by atoms with E-state index in [1.165, 1.54) is 0 Å². The van der Waals surface area contributed by atoms with E-state index in [0.717, 1.165) is 68.2 Å². The highest BCUT2D eigenvalue weighted by Crippen LogP contribution is 2.32. The van der Waals surface area contributed by atoms with Crippen LogP contribution in [0.25, 0.3) is 11.5 Å². The second-order valence-corrected chi connectivity index (χ2v) is 7.96. The Morgan fingerprint density at radius 3 is 2.97 bits per heavy atom. The molecule has 1 saturated heterocycles. The molecule has 152 valence electrons. The lowest BCUT2D eigenvalue weighted by atomic mass is 9.95. The van der Waals surface area contributed by atoms with Crippen molar-refractivity contribution in [2.75, 3.05) is 6.54 Å². The van der Waals surface area contributed by atoms with Gasteiger partial charge in [0.1, 0.15) is 0 Å². The standard InChI is InChI=1S/C20H25N7O2/c1-26-12-13(11-21-26)19-22-18(25-29-19)16-9-3-2-6-10-27(16)20(28)17-14-7-4-5-8-15(14)23-24-17/h11-12,16H,2-10H2,1H3,(H,23,24)/t16-/m0/s1. The molecule has 1 aliphatic heterocycles. The molecule has 3 aromatic heterocycles. The normalized spacial score (nSPS) is 19.8. The minimum Gasteiger partial charge on any atom is -0.334 e. The zero-order chi connectivity index (χ0) is 19.8. The molecular weight excluding hydrogens is 370 g/mol. The Hall–Kier alpha value is -2.97. The first-order chi connectivity index (χ1) is 14.2. The van der Waals surface area contributed by atoms with Gasteiger partial charge >= 0.3 is 0 Å². The highest BCUT2D eigenvalue weighted by Gasteiger charge is 2.34. The van der Waals surface area contributed by atoms with E-state index in [9.17, 15) is 4.79 Å². The Kier molecular flexibility index (Phi) is 4.65. The molecule has 0 unspecified atom stereocenters. The predicted molar refractivity (Wildman–Crippen MR) is 104 cm³/mol. The van der Waals surface area contributed by atoms with Crippen LogP contribution in [-0.2, 0) is 19.9 Å². The lowest BCUT2D eigenvalue weighted by Crippen LogP contribution is -2.36. The first-order valence-electron chi connectivity index (χ1n) is 10.4. The molecule has 1 N–H and O–H groups in total. The smallest absolute Gasteiger partial charge is 0.275 e. The van der Waals surface area contributed by atoms with Crippen molar-refractivity contribution in [1.82, 2.24) is 35.0 Å². The maximum absolute atomic E-state index is 13.5. The number of aryl methyl sites for hydroxylation is 2. The molecule has 3 aromatic rings. The topological polar surface area (TPSA) is 106 Å². The molecule has 9 nitrogen and oxygen atoms in total. The molecule has 0 aromatic carbocycles. The Bertz CT molecular complexity index is 1020. The van der Waals surface area contributed by atoms with Crippen LogP contribution in [0.15, 0.2) is 16.9 Å². The van der Waals surface area contributed by atoms with Gasteiger partial charge in [-0.2, -0.15) is 15.2 Å². The molecular formula is C20H25N7O2. The summed E-state index contributed by atoms with van der Waals surface area (Å²) in [5, 5.41) is 15.9. The van der Waals surface area contributed by atoms with Gasteiger partial charge in [-0.05, 0) is 38.5 Å². The van der Waals surface area contributed by atoms with Crippen molar-refractivity contribution in [1.29, 1.82) is 0 Å². The summed E-state index contributed by atoms with van der Waals surface area (Å²) in [4.78, 5) is 20.0.